The number of nitriles is 1. The van der Waals surface area contributed by atoms with E-state index in [4.69, 9.17) is 21.3 Å². The SMILES string of the molecule is CC1(C#N)CCC(c2nc3c(cnc4[nH]cc(C(O)c5ccc(Oc6ccccc6)cc5Cl)c43)[nH]2)CC1. The number of imidazole rings is 1. The molecule has 1 aliphatic carbocycles. The molecule has 3 N–H and O–H groups in total. The van der Waals surface area contributed by atoms with Crippen molar-refractivity contribution in [2.75, 3.05) is 0 Å². The van der Waals surface area contributed by atoms with Gasteiger partial charge in [-0.1, -0.05) is 35.9 Å². The van der Waals surface area contributed by atoms with Crippen molar-refractivity contribution in [2.45, 2.75) is 44.6 Å². The molecule has 186 valence electrons. The van der Waals surface area contributed by atoms with Crippen LogP contribution in [0.4, 0.5) is 0 Å². The van der Waals surface area contributed by atoms with Gasteiger partial charge in [-0.25, -0.2) is 9.97 Å². The van der Waals surface area contributed by atoms with Crippen molar-refractivity contribution in [2.24, 2.45) is 5.41 Å². The number of aliphatic hydroxyl groups is 1. The number of para-hydroxylation sites is 1. The molecular formula is C29H26ClN5O2. The Morgan fingerprint density at radius 1 is 1.14 bits per heavy atom. The summed E-state index contributed by atoms with van der Waals surface area (Å²) in [5.74, 6) is 2.47. The lowest BCUT2D eigenvalue weighted by Crippen LogP contribution is -2.22. The molecule has 7 nitrogen and oxygen atoms in total. The van der Waals surface area contributed by atoms with Crippen LogP contribution in [-0.2, 0) is 0 Å². The molecule has 8 heteroatoms. The topological polar surface area (TPSA) is 111 Å². The molecule has 0 bridgehead atoms. The van der Waals surface area contributed by atoms with Crippen molar-refractivity contribution in [3.8, 4) is 17.6 Å². The van der Waals surface area contributed by atoms with Gasteiger partial charge in [0.05, 0.1) is 33.6 Å². The van der Waals surface area contributed by atoms with E-state index in [1.165, 1.54) is 0 Å². The number of hydrogen-bond acceptors (Lipinski definition) is 5. The third kappa shape index (κ3) is 4.33. The van der Waals surface area contributed by atoms with E-state index >= 15 is 0 Å². The Labute approximate surface area is 219 Å². The number of ether oxygens (including phenoxy) is 1. The lowest BCUT2D eigenvalue weighted by molar-refractivity contribution is 0.222. The van der Waals surface area contributed by atoms with Gasteiger partial charge in [-0.3, -0.25) is 0 Å². The summed E-state index contributed by atoms with van der Waals surface area (Å²) in [5, 5.41) is 22.0. The molecule has 1 unspecified atom stereocenters. The molecule has 1 aliphatic rings. The molecule has 1 saturated carbocycles. The standard InChI is InChI=1S/C29H26ClN5O2/c1-29(16-31)11-9-17(10-12-29)27-34-23-15-33-28-24(25(23)35-27)21(14-32-28)26(36)20-8-7-19(13-22(20)30)37-18-5-3-2-4-6-18/h2-8,13-15,17,26,36H,9-12H2,1H3,(H,32,33)(H,34,35). The van der Waals surface area contributed by atoms with Gasteiger partial charge in [0.2, 0.25) is 0 Å². The zero-order chi connectivity index (χ0) is 25.6. The first-order valence-corrected chi connectivity index (χ1v) is 12.8. The molecule has 0 aliphatic heterocycles. The predicted octanol–water partition coefficient (Wildman–Crippen LogP) is 7.15. The van der Waals surface area contributed by atoms with Crippen LogP contribution >= 0.6 is 11.6 Å². The van der Waals surface area contributed by atoms with Gasteiger partial charge < -0.3 is 19.8 Å². The molecule has 0 spiro atoms. The monoisotopic (exact) mass is 511 g/mol. The quantitative estimate of drug-likeness (QED) is 0.232. The van der Waals surface area contributed by atoms with E-state index in [1.807, 2.05) is 37.3 Å². The van der Waals surface area contributed by atoms with Crippen LogP contribution < -0.4 is 4.74 Å². The maximum Gasteiger partial charge on any atom is 0.139 e. The molecule has 6 rings (SSSR count). The number of benzene rings is 2. The van der Waals surface area contributed by atoms with E-state index < -0.39 is 6.10 Å². The lowest BCUT2D eigenvalue weighted by Gasteiger charge is -2.30. The summed E-state index contributed by atoms with van der Waals surface area (Å²) in [4.78, 5) is 16.1. The normalized spacial score (nSPS) is 20.6. The number of pyridine rings is 1. The maximum atomic E-state index is 11.4. The maximum absolute atomic E-state index is 11.4. The number of aromatic amines is 2. The lowest BCUT2D eigenvalue weighted by atomic mass is 9.72. The molecule has 2 aromatic carbocycles. The Bertz CT molecular complexity index is 1630. The van der Waals surface area contributed by atoms with Crippen LogP contribution in [0, 0.1) is 16.7 Å². The Balaban J connectivity index is 1.32. The van der Waals surface area contributed by atoms with Gasteiger partial charge in [0.1, 0.15) is 34.6 Å². The number of halogens is 1. The van der Waals surface area contributed by atoms with Crippen LogP contribution in [0.5, 0.6) is 11.5 Å². The number of aromatic nitrogens is 4. The highest BCUT2D eigenvalue weighted by Crippen LogP contribution is 2.43. The van der Waals surface area contributed by atoms with Crippen molar-refractivity contribution >= 4 is 33.7 Å². The zero-order valence-electron chi connectivity index (χ0n) is 20.3. The molecule has 1 fully saturated rings. The highest BCUT2D eigenvalue weighted by atomic mass is 35.5. The molecule has 3 aromatic heterocycles. The van der Waals surface area contributed by atoms with Crippen LogP contribution in [0.2, 0.25) is 5.02 Å². The molecular weight excluding hydrogens is 486 g/mol. The molecule has 0 amide bonds. The fraction of sp³-hybridized carbons (Fsp3) is 0.276. The first kappa shape index (κ1) is 23.5. The van der Waals surface area contributed by atoms with Crippen LogP contribution in [0.25, 0.3) is 22.1 Å². The smallest absolute Gasteiger partial charge is 0.139 e. The largest absolute Gasteiger partial charge is 0.457 e. The van der Waals surface area contributed by atoms with E-state index in [9.17, 15) is 10.4 Å². The number of nitrogens with one attached hydrogen (secondary N) is 2. The van der Waals surface area contributed by atoms with Crippen molar-refractivity contribution in [3.05, 3.63) is 82.9 Å². The van der Waals surface area contributed by atoms with E-state index in [2.05, 4.69) is 21.0 Å². The zero-order valence-corrected chi connectivity index (χ0v) is 21.1. The van der Waals surface area contributed by atoms with Gasteiger partial charge in [0, 0.05) is 23.2 Å². The summed E-state index contributed by atoms with van der Waals surface area (Å²) < 4.78 is 5.88. The summed E-state index contributed by atoms with van der Waals surface area (Å²) in [7, 11) is 0. The Morgan fingerprint density at radius 2 is 1.92 bits per heavy atom. The summed E-state index contributed by atoms with van der Waals surface area (Å²) in [5.41, 5.74) is 3.21. The van der Waals surface area contributed by atoms with E-state index in [0.717, 1.165) is 47.9 Å². The molecule has 37 heavy (non-hydrogen) atoms. The molecule has 5 aromatic rings. The van der Waals surface area contributed by atoms with Crippen molar-refractivity contribution in [1.82, 2.24) is 19.9 Å². The molecule has 0 saturated heterocycles. The van der Waals surface area contributed by atoms with Gasteiger partial charge in [-0.15, -0.1) is 0 Å². The predicted molar refractivity (Wildman–Crippen MR) is 143 cm³/mol. The summed E-state index contributed by atoms with van der Waals surface area (Å²) >= 11 is 6.61. The van der Waals surface area contributed by atoms with Crippen LogP contribution in [0.1, 0.15) is 61.6 Å². The molecule has 0 radical (unpaired) electrons. The first-order chi connectivity index (χ1) is 17.9. The summed E-state index contributed by atoms with van der Waals surface area (Å²) in [6.07, 6.45) is 6.09. The second-order valence-electron chi connectivity index (χ2n) is 10.1. The Morgan fingerprint density at radius 3 is 2.65 bits per heavy atom. The molecule has 3 heterocycles. The van der Waals surface area contributed by atoms with Crippen LogP contribution in [-0.4, -0.2) is 25.0 Å². The average Bonchev–Trinajstić information content (AvgIpc) is 3.54. The van der Waals surface area contributed by atoms with Gasteiger partial charge in [0.25, 0.3) is 0 Å². The number of fused-ring (bicyclic) bond motifs is 3. The van der Waals surface area contributed by atoms with Crippen molar-refractivity contribution < 1.29 is 9.84 Å². The number of nitrogens with zero attached hydrogens (tertiary/aromatic N) is 3. The second-order valence-corrected chi connectivity index (χ2v) is 10.5. The summed E-state index contributed by atoms with van der Waals surface area (Å²) in [6, 6.07) is 17.2. The third-order valence-corrected chi connectivity index (χ3v) is 7.81. The minimum absolute atomic E-state index is 0.254. The van der Waals surface area contributed by atoms with E-state index in [1.54, 1.807) is 30.6 Å². The third-order valence-electron chi connectivity index (χ3n) is 7.49. The fourth-order valence-corrected chi connectivity index (χ4v) is 5.51. The summed E-state index contributed by atoms with van der Waals surface area (Å²) in [6.45, 7) is 2.04. The number of rotatable bonds is 5. The van der Waals surface area contributed by atoms with Crippen molar-refractivity contribution in [1.29, 1.82) is 5.26 Å². The van der Waals surface area contributed by atoms with Crippen molar-refractivity contribution in [3.63, 3.8) is 0 Å². The fourth-order valence-electron chi connectivity index (χ4n) is 5.23. The highest BCUT2D eigenvalue weighted by Gasteiger charge is 2.33. The minimum Gasteiger partial charge on any atom is -0.457 e. The minimum atomic E-state index is -0.981. The first-order valence-electron chi connectivity index (χ1n) is 12.4. The highest BCUT2D eigenvalue weighted by molar-refractivity contribution is 6.31. The van der Waals surface area contributed by atoms with Gasteiger partial charge in [-0.2, -0.15) is 5.26 Å². The van der Waals surface area contributed by atoms with Crippen LogP contribution in [0.3, 0.4) is 0 Å². The number of H-pyrrole nitrogens is 2. The Kier molecular flexibility index (Phi) is 5.86. The van der Waals surface area contributed by atoms with Gasteiger partial charge in [0.15, 0.2) is 0 Å². The number of hydrogen-bond donors (Lipinski definition) is 3. The average molecular weight is 512 g/mol. The van der Waals surface area contributed by atoms with E-state index in [0.29, 0.717) is 33.3 Å². The van der Waals surface area contributed by atoms with Crippen LogP contribution in [0.15, 0.2) is 60.9 Å². The van der Waals surface area contributed by atoms with E-state index in [-0.39, 0.29) is 11.3 Å². The molecule has 1 atom stereocenters. The second kappa shape index (κ2) is 9.22. The Hall–Kier alpha value is -3.86. The van der Waals surface area contributed by atoms with Gasteiger partial charge in [-0.05, 0) is 56.9 Å². The van der Waals surface area contributed by atoms with Gasteiger partial charge >= 0.3 is 0 Å². The number of aliphatic hydroxyl groups excluding tert-OH is 1.